The van der Waals surface area contributed by atoms with Crippen LogP contribution in [0.25, 0.3) is 0 Å². The fraction of sp³-hybridized carbons (Fsp3) is 0.846. The Morgan fingerprint density at radius 1 is 1.20 bits per heavy atom. The first kappa shape index (κ1) is 11.2. The molecule has 0 bridgehead atoms. The van der Waals surface area contributed by atoms with E-state index in [2.05, 4.69) is 26.8 Å². The summed E-state index contributed by atoms with van der Waals surface area (Å²) in [6.45, 7) is 8.38. The fourth-order valence-corrected chi connectivity index (χ4v) is 2.62. The van der Waals surface area contributed by atoms with E-state index in [1.165, 1.54) is 12.0 Å². The largest absolute Gasteiger partial charge is 0.347 e. The molecule has 1 saturated carbocycles. The van der Waals surface area contributed by atoms with Crippen LogP contribution < -0.4 is 0 Å². The normalized spacial score (nSPS) is 31.3. The van der Waals surface area contributed by atoms with Crippen LogP contribution in [0.5, 0.6) is 0 Å². The molecule has 0 aromatic carbocycles. The van der Waals surface area contributed by atoms with Crippen molar-refractivity contribution >= 4 is 0 Å². The minimum atomic E-state index is -0.267. The number of ether oxygens (including phenoxy) is 2. The van der Waals surface area contributed by atoms with Crippen LogP contribution in [0.4, 0.5) is 0 Å². The van der Waals surface area contributed by atoms with E-state index in [-0.39, 0.29) is 5.79 Å². The molecule has 86 valence electrons. The highest BCUT2D eigenvalue weighted by atomic mass is 16.7. The number of hydrogen-bond donors (Lipinski definition) is 0. The maximum atomic E-state index is 5.79. The summed E-state index contributed by atoms with van der Waals surface area (Å²) < 4.78 is 11.6. The van der Waals surface area contributed by atoms with Gasteiger partial charge in [-0.15, -0.1) is 0 Å². The zero-order valence-corrected chi connectivity index (χ0v) is 10.1. The summed E-state index contributed by atoms with van der Waals surface area (Å²) in [7, 11) is 0. The van der Waals surface area contributed by atoms with Gasteiger partial charge in [-0.05, 0) is 18.3 Å². The van der Waals surface area contributed by atoms with Gasteiger partial charge in [-0.1, -0.05) is 32.4 Å². The summed E-state index contributed by atoms with van der Waals surface area (Å²) in [6.07, 6.45) is 6.63. The van der Waals surface area contributed by atoms with Gasteiger partial charge in [-0.2, -0.15) is 0 Å². The van der Waals surface area contributed by atoms with Gasteiger partial charge in [0, 0.05) is 12.8 Å². The molecule has 1 heterocycles. The highest BCUT2D eigenvalue weighted by Crippen LogP contribution is 2.47. The van der Waals surface area contributed by atoms with E-state index < -0.39 is 0 Å². The highest BCUT2D eigenvalue weighted by Gasteiger charge is 2.44. The quantitative estimate of drug-likeness (QED) is 0.618. The van der Waals surface area contributed by atoms with Crippen molar-refractivity contribution in [3.63, 3.8) is 0 Å². The average molecular weight is 210 g/mol. The summed E-state index contributed by atoms with van der Waals surface area (Å²) in [5.41, 5.74) is 1.84. The van der Waals surface area contributed by atoms with Gasteiger partial charge in [-0.3, -0.25) is 0 Å². The molecule has 0 radical (unpaired) electrons. The van der Waals surface area contributed by atoms with E-state index in [1.54, 1.807) is 0 Å². The van der Waals surface area contributed by atoms with Crippen molar-refractivity contribution in [3.05, 3.63) is 11.6 Å². The van der Waals surface area contributed by atoms with Crippen LogP contribution in [0.3, 0.4) is 0 Å². The lowest BCUT2D eigenvalue weighted by atomic mass is 9.70. The van der Waals surface area contributed by atoms with Gasteiger partial charge in [0.25, 0.3) is 0 Å². The molecule has 2 nitrogen and oxygen atoms in total. The maximum absolute atomic E-state index is 5.79. The molecular weight excluding hydrogens is 188 g/mol. The van der Waals surface area contributed by atoms with E-state index in [0.29, 0.717) is 5.41 Å². The van der Waals surface area contributed by atoms with Crippen molar-refractivity contribution in [2.24, 2.45) is 5.41 Å². The minimum absolute atomic E-state index is 0.267. The fourth-order valence-electron chi connectivity index (χ4n) is 2.62. The Hall–Kier alpha value is -0.340. The first-order valence-electron chi connectivity index (χ1n) is 6.05. The molecule has 1 aliphatic carbocycles. The number of hydrogen-bond acceptors (Lipinski definition) is 2. The summed E-state index contributed by atoms with van der Waals surface area (Å²) in [5.74, 6) is -0.267. The van der Waals surface area contributed by atoms with Crippen molar-refractivity contribution in [2.75, 3.05) is 13.2 Å². The zero-order valence-electron chi connectivity index (χ0n) is 10.1. The Balaban J connectivity index is 2.16. The van der Waals surface area contributed by atoms with E-state index in [1.807, 2.05) is 0 Å². The van der Waals surface area contributed by atoms with Gasteiger partial charge in [0.2, 0.25) is 0 Å². The minimum Gasteiger partial charge on any atom is -0.347 e. The number of rotatable bonds is 1. The molecule has 0 aromatic rings. The molecule has 1 spiro atoms. The van der Waals surface area contributed by atoms with Gasteiger partial charge in [0.1, 0.15) is 0 Å². The van der Waals surface area contributed by atoms with E-state index in [0.717, 1.165) is 32.5 Å². The summed E-state index contributed by atoms with van der Waals surface area (Å²) in [4.78, 5) is 0. The third-order valence-electron chi connectivity index (χ3n) is 3.72. The maximum Gasteiger partial charge on any atom is 0.172 e. The smallest absolute Gasteiger partial charge is 0.172 e. The van der Waals surface area contributed by atoms with Crippen LogP contribution in [0, 0.1) is 5.41 Å². The first-order chi connectivity index (χ1) is 7.08. The van der Waals surface area contributed by atoms with Gasteiger partial charge in [0.05, 0.1) is 13.2 Å². The van der Waals surface area contributed by atoms with Crippen molar-refractivity contribution in [3.8, 4) is 0 Å². The second-order valence-corrected chi connectivity index (χ2v) is 5.31. The Morgan fingerprint density at radius 2 is 1.87 bits per heavy atom. The molecule has 15 heavy (non-hydrogen) atoms. The molecule has 0 aromatic heterocycles. The van der Waals surface area contributed by atoms with E-state index in [9.17, 15) is 0 Å². The average Bonchev–Trinajstić information content (AvgIpc) is 2.62. The summed E-state index contributed by atoms with van der Waals surface area (Å²) in [5, 5.41) is 0. The third kappa shape index (κ3) is 2.11. The van der Waals surface area contributed by atoms with Crippen LogP contribution in [0.1, 0.15) is 46.5 Å². The van der Waals surface area contributed by atoms with Gasteiger partial charge in [0.15, 0.2) is 5.79 Å². The van der Waals surface area contributed by atoms with Crippen molar-refractivity contribution in [2.45, 2.75) is 52.2 Å². The highest BCUT2D eigenvalue weighted by molar-refractivity contribution is 5.18. The molecule has 0 amide bonds. The summed E-state index contributed by atoms with van der Waals surface area (Å²) in [6, 6.07) is 0. The van der Waals surface area contributed by atoms with Crippen LogP contribution in [-0.2, 0) is 9.47 Å². The van der Waals surface area contributed by atoms with Crippen LogP contribution in [-0.4, -0.2) is 19.0 Å². The molecular formula is C13H22O2. The molecule has 2 heteroatoms. The SMILES string of the molecule is CC/C=C1/CC2(CCC1(C)C)OCCO2. The Bertz CT molecular complexity index is 260. The molecule has 0 N–H and O–H groups in total. The second kappa shape index (κ2) is 3.91. The van der Waals surface area contributed by atoms with E-state index >= 15 is 0 Å². The van der Waals surface area contributed by atoms with Crippen LogP contribution in [0.2, 0.25) is 0 Å². The lowest BCUT2D eigenvalue weighted by Gasteiger charge is -2.42. The van der Waals surface area contributed by atoms with Gasteiger partial charge >= 0.3 is 0 Å². The molecule has 1 aliphatic heterocycles. The lowest BCUT2D eigenvalue weighted by Crippen LogP contribution is -2.39. The molecule has 0 unspecified atom stereocenters. The first-order valence-corrected chi connectivity index (χ1v) is 6.05. The molecule has 2 rings (SSSR count). The van der Waals surface area contributed by atoms with Crippen LogP contribution >= 0.6 is 0 Å². The predicted molar refractivity (Wildman–Crippen MR) is 60.6 cm³/mol. The zero-order chi connectivity index (χ0) is 10.9. The van der Waals surface area contributed by atoms with Gasteiger partial charge < -0.3 is 9.47 Å². The Labute approximate surface area is 92.6 Å². The monoisotopic (exact) mass is 210 g/mol. The number of allylic oxidation sites excluding steroid dienone is 1. The molecule has 2 aliphatic rings. The van der Waals surface area contributed by atoms with Crippen molar-refractivity contribution in [1.29, 1.82) is 0 Å². The molecule has 2 fully saturated rings. The topological polar surface area (TPSA) is 18.5 Å². The van der Waals surface area contributed by atoms with E-state index in [4.69, 9.17) is 9.47 Å². The molecule has 1 saturated heterocycles. The van der Waals surface area contributed by atoms with Gasteiger partial charge in [-0.25, -0.2) is 0 Å². The van der Waals surface area contributed by atoms with Crippen molar-refractivity contribution < 1.29 is 9.47 Å². The van der Waals surface area contributed by atoms with Crippen LogP contribution in [0.15, 0.2) is 11.6 Å². The standard InChI is InChI=1S/C13H22O2/c1-4-5-11-10-13(14-8-9-15-13)7-6-12(11,2)3/h5H,4,6-10H2,1-3H3/b11-5-. The second-order valence-electron chi connectivity index (χ2n) is 5.31. The Morgan fingerprint density at radius 3 is 2.47 bits per heavy atom. The Kier molecular flexibility index (Phi) is 2.91. The lowest BCUT2D eigenvalue weighted by molar-refractivity contribution is -0.175. The third-order valence-corrected chi connectivity index (χ3v) is 3.72. The summed E-state index contributed by atoms with van der Waals surface area (Å²) >= 11 is 0. The predicted octanol–water partition coefficient (Wildman–Crippen LogP) is 3.28. The van der Waals surface area contributed by atoms with Crippen molar-refractivity contribution in [1.82, 2.24) is 0 Å². The molecule has 0 atom stereocenters.